The fourth-order valence-corrected chi connectivity index (χ4v) is 5.46. The second kappa shape index (κ2) is 10.7. The molecular weight excluding hydrogens is 512 g/mol. The number of hydrogen-bond donors (Lipinski definition) is 1. The van der Waals surface area contributed by atoms with E-state index in [0.29, 0.717) is 21.8 Å². The molecule has 2 heterocycles. The Hall–Kier alpha value is -3.33. The zero-order chi connectivity index (χ0) is 25.1. The van der Waals surface area contributed by atoms with Crippen LogP contribution < -0.4 is 4.74 Å². The first-order chi connectivity index (χ1) is 17.5. The second-order valence-corrected chi connectivity index (χ2v) is 10.5. The number of aliphatic imine (C=N–C) groups is 1. The number of carbonyl (C=O) groups excluding carboxylic acids is 1. The van der Waals surface area contributed by atoms with E-state index < -0.39 is 5.91 Å². The maximum atomic E-state index is 12.7. The molecule has 0 aromatic heterocycles. The molecule has 3 aromatic carbocycles. The normalized spacial score (nSPS) is 16.2. The van der Waals surface area contributed by atoms with Crippen molar-refractivity contribution in [2.45, 2.75) is 11.8 Å². The number of hydrogen-bond acceptors (Lipinski definition) is 6. The van der Waals surface area contributed by atoms with E-state index in [1.807, 2.05) is 42.5 Å². The molecule has 0 fully saturated rings. The van der Waals surface area contributed by atoms with Gasteiger partial charge in [0.1, 0.15) is 10.8 Å². The highest BCUT2D eigenvalue weighted by molar-refractivity contribution is 8.27. The molecule has 36 heavy (non-hydrogen) atoms. The molecule has 1 N–H and O–H groups in total. The lowest BCUT2D eigenvalue weighted by Gasteiger charge is -2.20. The molecule has 6 nitrogen and oxygen atoms in total. The van der Waals surface area contributed by atoms with Gasteiger partial charge in [0.15, 0.2) is 5.84 Å². The maximum Gasteiger partial charge on any atom is 0.283 e. The van der Waals surface area contributed by atoms with Gasteiger partial charge in [-0.2, -0.15) is 15.1 Å². The van der Waals surface area contributed by atoms with Crippen molar-refractivity contribution in [2.75, 3.05) is 12.4 Å². The molecule has 0 unspecified atom stereocenters. The summed E-state index contributed by atoms with van der Waals surface area (Å²) in [6, 6.07) is 23.2. The molecule has 0 saturated carbocycles. The number of nitrogens with zero attached hydrogens (tertiary/aromatic N) is 3. The lowest BCUT2D eigenvalue weighted by Crippen LogP contribution is -2.35. The number of thioether (sulfide) groups is 2. The Morgan fingerprint density at radius 3 is 2.58 bits per heavy atom. The van der Waals surface area contributed by atoms with Gasteiger partial charge in [0, 0.05) is 16.2 Å². The van der Waals surface area contributed by atoms with Gasteiger partial charge in [0.2, 0.25) is 5.17 Å². The van der Waals surface area contributed by atoms with Crippen LogP contribution in [0, 0.1) is 12.3 Å². The zero-order valence-corrected chi connectivity index (χ0v) is 21.7. The van der Waals surface area contributed by atoms with Crippen molar-refractivity contribution in [3.05, 3.63) is 100 Å². The van der Waals surface area contributed by atoms with E-state index in [9.17, 15) is 4.79 Å². The summed E-state index contributed by atoms with van der Waals surface area (Å²) in [6.07, 6.45) is 1.65. The number of aryl methyl sites for hydroxylation is 1. The van der Waals surface area contributed by atoms with E-state index in [1.165, 1.54) is 27.2 Å². The highest BCUT2D eigenvalue weighted by Gasteiger charge is 2.36. The number of carbonyl (C=O) groups is 1. The molecule has 1 amide bonds. The molecule has 0 aliphatic carbocycles. The van der Waals surface area contributed by atoms with Crippen LogP contribution in [0.1, 0.15) is 16.7 Å². The molecule has 2 aliphatic heterocycles. The smallest absolute Gasteiger partial charge is 0.283 e. The number of nitrogens with one attached hydrogen (secondary N) is 1. The Kier molecular flexibility index (Phi) is 7.27. The number of fused-ring (bicyclic) bond motifs is 1. The van der Waals surface area contributed by atoms with Crippen molar-refractivity contribution in [3.63, 3.8) is 0 Å². The molecule has 180 valence electrons. The largest absolute Gasteiger partial charge is 0.493 e. The van der Waals surface area contributed by atoms with Crippen LogP contribution in [-0.2, 0) is 4.79 Å². The molecule has 3 aromatic rings. The summed E-state index contributed by atoms with van der Waals surface area (Å²) in [5.41, 5.74) is 2.92. The number of amides is 1. The van der Waals surface area contributed by atoms with Crippen LogP contribution in [0.4, 0.5) is 0 Å². The Labute approximate surface area is 222 Å². The Morgan fingerprint density at radius 1 is 1.08 bits per heavy atom. The Bertz CT molecular complexity index is 1420. The molecule has 0 radical (unpaired) electrons. The summed E-state index contributed by atoms with van der Waals surface area (Å²) >= 11 is 9.27. The highest BCUT2D eigenvalue weighted by Crippen LogP contribution is 2.33. The van der Waals surface area contributed by atoms with E-state index in [4.69, 9.17) is 21.7 Å². The first-order valence-corrected chi connectivity index (χ1v) is 13.3. The van der Waals surface area contributed by atoms with Crippen LogP contribution in [0.25, 0.3) is 6.08 Å². The van der Waals surface area contributed by atoms with Crippen LogP contribution >= 0.6 is 35.1 Å². The summed E-state index contributed by atoms with van der Waals surface area (Å²) in [4.78, 5) is 18.1. The van der Waals surface area contributed by atoms with Gasteiger partial charge in [0.05, 0.1) is 17.2 Å². The van der Waals surface area contributed by atoms with Gasteiger partial charge in [0.25, 0.3) is 5.91 Å². The average molecular weight is 533 g/mol. The zero-order valence-electron chi connectivity index (χ0n) is 19.3. The van der Waals surface area contributed by atoms with E-state index in [1.54, 1.807) is 23.9 Å². The molecule has 0 atom stereocenters. The third kappa shape index (κ3) is 5.41. The van der Waals surface area contributed by atoms with Gasteiger partial charge in [-0.25, -0.2) is 0 Å². The number of hydrazone groups is 1. The molecule has 9 heteroatoms. The lowest BCUT2D eigenvalue weighted by molar-refractivity contribution is -0.114. The minimum absolute atomic E-state index is 0.0204. The van der Waals surface area contributed by atoms with Gasteiger partial charge in [-0.15, -0.1) is 11.8 Å². The van der Waals surface area contributed by atoms with Crippen LogP contribution in [-0.4, -0.2) is 39.3 Å². The fraction of sp³-hybridized carbons (Fsp3) is 0.111. The van der Waals surface area contributed by atoms with Crippen molar-refractivity contribution < 1.29 is 9.53 Å². The van der Waals surface area contributed by atoms with Crippen molar-refractivity contribution in [1.29, 1.82) is 5.41 Å². The third-order valence-electron chi connectivity index (χ3n) is 5.39. The summed E-state index contributed by atoms with van der Waals surface area (Å²) < 4.78 is 5.85. The molecule has 0 spiro atoms. The Morgan fingerprint density at radius 2 is 1.83 bits per heavy atom. The minimum atomic E-state index is -0.470. The van der Waals surface area contributed by atoms with E-state index >= 15 is 0 Å². The number of benzene rings is 3. The van der Waals surface area contributed by atoms with Crippen LogP contribution in [0.3, 0.4) is 0 Å². The number of halogens is 1. The average Bonchev–Trinajstić information content (AvgIpc) is 3.30. The van der Waals surface area contributed by atoms with Crippen molar-refractivity contribution in [3.8, 4) is 5.75 Å². The van der Waals surface area contributed by atoms with Gasteiger partial charge in [-0.3, -0.25) is 10.2 Å². The molecule has 0 saturated heterocycles. The molecule has 5 rings (SSSR count). The first-order valence-electron chi connectivity index (χ1n) is 11.2. The number of ether oxygens (including phenoxy) is 1. The van der Waals surface area contributed by atoms with E-state index in [-0.39, 0.29) is 11.4 Å². The summed E-state index contributed by atoms with van der Waals surface area (Å²) in [5.74, 6) is 1.10. The minimum Gasteiger partial charge on any atom is -0.493 e. The first kappa shape index (κ1) is 24.4. The molecule has 2 aliphatic rings. The monoisotopic (exact) mass is 532 g/mol. The van der Waals surface area contributed by atoms with Crippen molar-refractivity contribution in [2.24, 2.45) is 10.1 Å². The van der Waals surface area contributed by atoms with Crippen molar-refractivity contribution in [1.82, 2.24) is 5.01 Å². The number of amidine groups is 2. The topological polar surface area (TPSA) is 78.1 Å². The third-order valence-corrected chi connectivity index (χ3v) is 7.64. The summed E-state index contributed by atoms with van der Waals surface area (Å²) in [7, 11) is 0. The highest BCUT2D eigenvalue weighted by atomic mass is 35.5. The van der Waals surface area contributed by atoms with Gasteiger partial charge >= 0.3 is 0 Å². The Balaban J connectivity index is 1.23. The van der Waals surface area contributed by atoms with Crippen LogP contribution in [0.2, 0.25) is 5.02 Å². The molecular formula is C27H21ClN4O2S2. The summed E-state index contributed by atoms with van der Waals surface area (Å²) in [6.45, 7) is 2.66. The fourth-order valence-electron chi connectivity index (χ4n) is 3.52. The van der Waals surface area contributed by atoms with Gasteiger partial charge in [-0.1, -0.05) is 59.6 Å². The second-order valence-electron chi connectivity index (χ2n) is 7.98. The van der Waals surface area contributed by atoms with Gasteiger partial charge < -0.3 is 4.74 Å². The predicted octanol–water partition coefficient (Wildman–Crippen LogP) is 6.49. The predicted molar refractivity (Wildman–Crippen MR) is 149 cm³/mol. The number of rotatable bonds is 7. The molecule has 0 bridgehead atoms. The standard InChI is InChI=1S/C27H21ClN4O2S2/c1-17-6-12-20(13-7-17)35-15-14-34-19-10-8-18(9-11-19)16-22-24(29)32-27(30-25(22)33)36-26(31-32)21-4-2-3-5-23(21)28/h2-13,16,29H,14-15H2,1H3. The SMILES string of the molecule is Cc1ccc(SCCOc2ccc(C=C3C(=N)N4N=C(c5ccccc5Cl)SC4=NC3=O)cc2)cc1. The van der Waals surface area contributed by atoms with E-state index in [2.05, 4.69) is 41.3 Å². The van der Waals surface area contributed by atoms with Crippen LogP contribution in [0.5, 0.6) is 5.75 Å². The summed E-state index contributed by atoms with van der Waals surface area (Å²) in [5, 5.41) is 15.9. The lowest BCUT2D eigenvalue weighted by atomic mass is 10.1. The van der Waals surface area contributed by atoms with Crippen molar-refractivity contribution >= 4 is 63.2 Å². The van der Waals surface area contributed by atoms with Crippen LogP contribution in [0.15, 0.2) is 93.4 Å². The van der Waals surface area contributed by atoms with E-state index in [0.717, 1.165) is 22.6 Å². The van der Waals surface area contributed by atoms with Gasteiger partial charge in [-0.05, 0) is 60.7 Å². The maximum absolute atomic E-state index is 12.7. The quantitative estimate of drug-likeness (QED) is 0.214.